The van der Waals surface area contributed by atoms with E-state index in [0.29, 0.717) is 29.4 Å². The molecule has 0 unspecified atom stereocenters. The van der Waals surface area contributed by atoms with Crippen LogP contribution in [0.2, 0.25) is 5.02 Å². The third kappa shape index (κ3) is 5.12. The van der Waals surface area contributed by atoms with Gasteiger partial charge in [-0.25, -0.2) is 8.42 Å². The Bertz CT molecular complexity index is 902. The Morgan fingerprint density at radius 1 is 1.37 bits per heavy atom. The number of nitrogens with one attached hydrogen (secondary N) is 1. The number of anilines is 1. The number of hydrogen-bond acceptors (Lipinski definition) is 5. The maximum atomic E-state index is 12.7. The van der Waals surface area contributed by atoms with Crippen LogP contribution in [-0.4, -0.2) is 43.3 Å². The molecule has 27 heavy (non-hydrogen) atoms. The smallest absolute Gasteiger partial charge is 0.238 e. The normalized spacial score (nSPS) is 18.7. The summed E-state index contributed by atoms with van der Waals surface area (Å²) in [5.74, 6) is 0.665. The zero-order valence-corrected chi connectivity index (χ0v) is 16.9. The van der Waals surface area contributed by atoms with Crippen LogP contribution in [0.5, 0.6) is 0 Å². The van der Waals surface area contributed by atoms with Crippen molar-refractivity contribution in [3.8, 4) is 0 Å². The van der Waals surface area contributed by atoms with Crippen LogP contribution in [0.25, 0.3) is 0 Å². The number of hydrogen-bond donors (Lipinski definition) is 1. The van der Waals surface area contributed by atoms with Crippen LogP contribution in [0, 0.1) is 13.8 Å². The van der Waals surface area contributed by atoms with E-state index in [-0.39, 0.29) is 30.0 Å². The first-order chi connectivity index (χ1) is 12.7. The summed E-state index contributed by atoms with van der Waals surface area (Å²) in [6, 6.07) is 7.13. The van der Waals surface area contributed by atoms with Gasteiger partial charge < -0.3 is 9.73 Å². The highest BCUT2D eigenvalue weighted by Crippen LogP contribution is 2.27. The summed E-state index contributed by atoms with van der Waals surface area (Å²) in [7, 11) is -3.06. The molecule has 0 aliphatic carbocycles. The molecule has 0 saturated carbocycles. The molecule has 1 saturated heterocycles. The molecule has 1 N–H and O–H groups in total. The van der Waals surface area contributed by atoms with Crippen LogP contribution < -0.4 is 5.32 Å². The van der Waals surface area contributed by atoms with Crippen molar-refractivity contribution < 1.29 is 17.6 Å². The van der Waals surface area contributed by atoms with Crippen molar-refractivity contribution >= 4 is 33.0 Å². The number of aryl methyl sites for hydroxylation is 2. The molecule has 6 nitrogen and oxygen atoms in total. The van der Waals surface area contributed by atoms with Crippen molar-refractivity contribution in [2.24, 2.45) is 0 Å². The van der Waals surface area contributed by atoms with Crippen molar-refractivity contribution in [3.63, 3.8) is 0 Å². The molecule has 1 atom stereocenters. The third-order valence-corrected chi connectivity index (χ3v) is 6.76. The van der Waals surface area contributed by atoms with Crippen LogP contribution in [-0.2, 0) is 21.2 Å². The molecule has 1 amide bonds. The number of halogens is 1. The maximum absolute atomic E-state index is 12.7. The minimum atomic E-state index is -3.06. The van der Waals surface area contributed by atoms with Crippen molar-refractivity contribution in [1.82, 2.24) is 4.90 Å². The van der Waals surface area contributed by atoms with Gasteiger partial charge in [0.15, 0.2) is 9.84 Å². The number of amides is 1. The predicted molar refractivity (Wildman–Crippen MR) is 106 cm³/mol. The fraction of sp³-hybridized carbons (Fsp3) is 0.421. The van der Waals surface area contributed by atoms with Crippen LogP contribution >= 0.6 is 11.6 Å². The summed E-state index contributed by atoms with van der Waals surface area (Å²) in [6.45, 7) is 4.26. The topological polar surface area (TPSA) is 79.6 Å². The molecule has 146 valence electrons. The highest BCUT2D eigenvalue weighted by molar-refractivity contribution is 7.91. The van der Waals surface area contributed by atoms with Gasteiger partial charge in [-0.15, -0.1) is 0 Å². The standard InChI is InChI=1S/C19H23ClN2O4S/c1-13-8-14(2)19(17(20)9-13)21-18(23)11-22(10-16-4-3-6-26-16)15-5-7-27(24,25)12-15/h3-4,6,8-9,15H,5,7,10-12H2,1-2H3,(H,21,23)/t15-/m0/s1. The first-order valence-electron chi connectivity index (χ1n) is 8.77. The third-order valence-electron chi connectivity index (χ3n) is 4.71. The number of furan rings is 1. The van der Waals surface area contributed by atoms with Crippen molar-refractivity contribution in [1.29, 1.82) is 0 Å². The number of carbonyl (C=O) groups excluding carboxylic acids is 1. The van der Waals surface area contributed by atoms with E-state index < -0.39 is 9.84 Å². The van der Waals surface area contributed by atoms with E-state index in [4.69, 9.17) is 16.0 Å². The zero-order chi connectivity index (χ0) is 19.6. The van der Waals surface area contributed by atoms with Crippen molar-refractivity contribution in [2.75, 3.05) is 23.4 Å². The van der Waals surface area contributed by atoms with E-state index in [0.717, 1.165) is 11.1 Å². The fourth-order valence-corrected chi connectivity index (χ4v) is 5.55. The van der Waals surface area contributed by atoms with E-state index in [1.165, 1.54) is 0 Å². The van der Waals surface area contributed by atoms with Crippen LogP contribution in [0.1, 0.15) is 23.3 Å². The Hall–Kier alpha value is -1.83. The van der Waals surface area contributed by atoms with Crippen molar-refractivity contribution in [2.45, 2.75) is 32.9 Å². The highest BCUT2D eigenvalue weighted by atomic mass is 35.5. The number of rotatable bonds is 6. The second kappa shape index (κ2) is 8.04. The van der Waals surface area contributed by atoms with Gasteiger partial charge in [0.25, 0.3) is 0 Å². The van der Waals surface area contributed by atoms with E-state index in [2.05, 4.69) is 5.32 Å². The van der Waals surface area contributed by atoms with Gasteiger partial charge in [-0.1, -0.05) is 17.7 Å². The lowest BCUT2D eigenvalue weighted by Crippen LogP contribution is -2.41. The molecule has 2 heterocycles. The van der Waals surface area contributed by atoms with E-state index in [1.807, 2.05) is 30.9 Å². The molecule has 2 aromatic rings. The van der Waals surface area contributed by atoms with Crippen molar-refractivity contribution in [3.05, 3.63) is 52.4 Å². The second-order valence-electron chi connectivity index (χ2n) is 7.03. The van der Waals surface area contributed by atoms with Gasteiger partial charge >= 0.3 is 0 Å². The number of nitrogens with zero attached hydrogens (tertiary/aromatic N) is 1. The summed E-state index contributed by atoms with van der Waals surface area (Å²) < 4.78 is 29.1. The minimum absolute atomic E-state index is 0.0601. The fourth-order valence-electron chi connectivity index (χ4n) is 3.42. The average molecular weight is 411 g/mol. The zero-order valence-electron chi connectivity index (χ0n) is 15.4. The SMILES string of the molecule is Cc1cc(C)c(NC(=O)CN(Cc2ccco2)[C@H]2CCS(=O)(=O)C2)c(Cl)c1. The Labute approximate surface area is 164 Å². The molecule has 1 aromatic heterocycles. The lowest BCUT2D eigenvalue weighted by atomic mass is 10.1. The molecule has 3 rings (SSSR count). The first kappa shape index (κ1) is 19.9. The molecule has 0 radical (unpaired) electrons. The second-order valence-corrected chi connectivity index (χ2v) is 9.66. The molecule has 1 aliphatic heterocycles. The van der Waals surface area contributed by atoms with Gasteiger partial charge in [-0.3, -0.25) is 9.69 Å². The Kier molecular flexibility index (Phi) is 5.93. The van der Waals surface area contributed by atoms with Gasteiger partial charge in [0.05, 0.1) is 41.6 Å². The van der Waals surface area contributed by atoms with Crippen LogP contribution in [0.3, 0.4) is 0 Å². The Morgan fingerprint density at radius 3 is 2.74 bits per heavy atom. The number of sulfone groups is 1. The molecule has 1 aliphatic rings. The number of benzene rings is 1. The van der Waals surface area contributed by atoms with E-state index in [1.54, 1.807) is 18.4 Å². The first-order valence-corrected chi connectivity index (χ1v) is 11.0. The summed E-state index contributed by atoms with van der Waals surface area (Å²) >= 11 is 6.27. The Balaban J connectivity index is 1.74. The monoisotopic (exact) mass is 410 g/mol. The highest BCUT2D eigenvalue weighted by Gasteiger charge is 2.33. The maximum Gasteiger partial charge on any atom is 0.238 e. The average Bonchev–Trinajstić information content (AvgIpc) is 3.19. The molecule has 1 fully saturated rings. The lowest BCUT2D eigenvalue weighted by Gasteiger charge is -2.26. The largest absolute Gasteiger partial charge is 0.468 e. The van der Waals surface area contributed by atoms with Gasteiger partial charge in [-0.2, -0.15) is 0 Å². The minimum Gasteiger partial charge on any atom is -0.468 e. The quantitative estimate of drug-likeness (QED) is 0.791. The molecule has 0 bridgehead atoms. The summed E-state index contributed by atoms with van der Waals surface area (Å²) in [5, 5.41) is 3.36. The summed E-state index contributed by atoms with van der Waals surface area (Å²) in [5.41, 5.74) is 2.49. The van der Waals surface area contributed by atoms with Gasteiger partial charge in [0.1, 0.15) is 5.76 Å². The predicted octanol–water partition coefficient (Wildman–Crippen LogP) is 3.18. The molecule has 0 spiro atoms. The van der Waals surface area contributed by atoms with Gasteiger partial charge in [0.2, 0.25) is 5.91 Å². The summed E-state index contributed by atoms with van der Waals surface area (Å²) in [4.78, 5) is 14.5. The van der Waals surface area contributed by atoms with Gasteiger partial charge in [-0.05, 0) is 49.6 Å². The Morgan fingerprint density at radius 2 is 2.15 bits per heavy atom. The molecular weight excluding hydrogens is 388 g/mol. The molecular formula is C19H23ClN2O4S. The van der Waals surface area contributed by atoms with E-state index in [9.17, 15) is 13.2 Å². The molecule has 8 heteroatoms. The van der Waals surface area contributed by atoms with Crippen LogP contribution in [0.4, 0.5) is 5.69 Å². The number of carbonyl (C=O) groups is 1. The van der Waals surface area contributed by atoms with Gasteiger partial charge in [0, 0.05) is 6.04 Å². The van der Waals surface area contributed by atoms with E-state index >= 15 is 0 Å². The summed E-state index contributed by atoms with van der Waals surface area (Å²) in [6.07, 6.45) is 2.08. The lowest BCUT2D eigenvalue weighted by molar-refractivity contribution is -0.118. The van der Waals surface area contributed by atoms with Crippen LogP contribution in [0.15, 0.2) is 34.9 Å². The molecule has 1 aromatic carbocycles.